The summed E-state index contributed by atoms with van der Waals surface area (Å²) in [5, 5.41) is 3.34. The molecule has 94 valence electrons. The van der Waals surface area contributed by atoms with Gasteiger partial charge in [-0.15, -0.1) is 0 Å². The minimum Gasteiger partial charge on any atom is -0.469 e. The van der Waals surface area contributed by atoms with E-state index in [4.69, 9.17) is 4.74 Å². The van der Waals surface area contributed by atoms with Gasteiger partial charge < -0.3 is 10.1 Å². The predicted molar refractivity (Wildman–Crippen MR) is 68.7 cm³/mol. The summed E-state index contributed by atoms with van der Waals surface area (Å²) in [4.78, 5) is 11.4. The Hall–Kier alpha value is -1.35. The molecule has 3 heteroatoms. The first-order valence-electron chi connectivity index (χ1n) is 5.91. The summed E-state index contributed by atoms with van der Waals surface area (Å²) in [6, 6.07) is 8.44. The van der Waals surface area contributed by atoms with E-state index in [-0.39, 0.29) is 17.9 Å². The van der Waals surface area contributed by atoms with E-state index in [0.29, 0.717) is 0 Å². The Bertz CT molecular complexity index is 376. The number of carbonyl (C=O) groups excluding carboxylic acids is 1. The first-order valence-corrected chi connectivity index (χ1v) is 5.91. The van der Waals surface area contributed by atoms with Gasteiger partial charge in [-0.05, 0) is 19.4 Å². The molecule has 1 rings (SSSR count). The van der Waals surface area contributed by atoms with E-state index in [1.54, 1.807) is 0 Å². The molecule has 0 amide bonds. The third-order valence-electron chi connectivity index (χ3n) is 3.03. The summed E-state index contributed by atoms with van der Waals surface area (Å²) in [6.45, 7) is 6.71. The second-order valence-corrected chi connectivity index (χ2v) is 4.47. The maximum absolute atomic E-state index is 11.4. The topological polar surface area (TPSA) is 38.3 Å². The molecule has 0 saturated heterocycles. The quantitative estimate of drug-likeness (QED) is 0.796. The van der Waals surface area contributed by atoms with Gasteiger partial charge >= 0.3 is 5.97 Å². The number of nitrogens with one attached hydrogen (secondary N) is 1. The Kier molecular flexibility index (Phi) is 5.16. The van der Waals surface area contributed by atoms with Gasteiger partial charge in [0.1, 0.15) is 0 Å². The molecule has 1 aromatic carbocycles. The molecule has 0 aromatic heterocycles. The van der Waals surface area contributed by atoms with E-state index < -0.39 is 0 Å². The number of ether oxygens (including phenoxy) is 1. The summed E-state index contributed by atoms with van der Waals surface area (Å²) in [5.41, 5.74) is 2.48. The van der Waals surface area contributed by atoms with Crippen LogP contribution >= 0.6 is 0 Å². The second-order valence-electron chi connectivity index (χ2n) is 4.47. The van der Waals surface area contributed by atoms with Gasteiger partial charge in [-0.25, -0.2) is 0 Å². The van der Waals surface area contributed by atoms with E-state index in [2.05, 4.69) is 30.4 Å². The van der Waals surface area contributed by atoms with Crippen molar-refractivity contribution in [3.8, 4) is 0 Å². The largest absolute Gasteiger partial charge is 0.469 e. The first-order chi connectivity index (χ1) is 8.04. The molecule has 0 aliphatic carbocycles. The average Bonchev–Trinajstić information content (AvgIpc) is 2.34. The van der Waals surface area contributed by atoms with Crippen LogP contribution < -0.4 is 5.32 Å². The molecule has 0 radical (unpaired) electrons. The number of hydrogen-bond donors (Lipinski definition) is 1. The van der Waals surface area contributed by atoms with Crippen molar-refractivity contribution in [3.63, 3.8) is 0 Å². The molecule has 0 spiro atoms. The monoisotopic (exact) mass is 235 g/mol. The molecular weight excluding hydrogens is 214 g/mol. The zero-order valence-corrected chi connectivity index (χ0v) is 11.0. The maximum Gasteiger partial charge on any atom is 0.309 e. The Morgan fingerprint density at radius 2 is 2.12 bits per heavy atom. The molecule has 2 atom stereocenters. The number of benzene rings is 1. The lowest BCUT2D eigenvalue weighted by Gasteiger charge is -2.19. The highest BCUT2D eigenvalue weighted by molar-refractivity contribution is 5.72. The smallest absolute Gasteiger partial charge is 0.309 e. The van der Waals surface area contributed by atoms with E-state index in [1.165, 1.54) is 18.2 Å². The fourth-order valence-corrected chi connectivity index (χ4v) is 1.67. The highest BCUT2D eigenvalue weighted by Gasteiger charge is 2.19. The standard InChI is InChI=1S/C14H21NO2/c1-10-6-5-7-13(8-10)9-15-12(3)11(2)14(16)17-4/h5-8,11-12,15H,9H2,1-4H3. The van der Waals surface area contributed by atoms with Crippen LogP contribution in [0.3, 0.4) is 0 Å². The predicted octanol–water partition coefficient (Wildman–Crippen LogP) is 2.28. The maximum atomic E-state index is 11.4. The van der Waals surface area contributed by atoms with Gasteiger partial charge in [-0.3, -0.25) is 4.79 Å². The van der Waals surface area contributed by atoms with Crippen LogP contribution in [0, 0.1) is 12.8 Å². The lowest BCUT2D eigenvalue weighted by molar-refractivity contribution is -0.145. The molecule has 0 saturated carbocycles. The summed E-state index contributed by atoms with van der Waals surface area (Å²) >= 11 is 0. The van der Waals surface area contributed by atoms with E-state index in [1.807, 2.05) is 19.9 Å². The first kappa shape index (κ1) is 13.7. The number of methoxy groups -OCH3 is 1. The van der Waals surface area contributed by atoms with Crippen molar-refractivity contribution in [1.82, 2.24) is 5.32 Å². The van der Waals surface area contributed by atoms with Crippen LogP contribution in [0.4, 0.5) is 0 Å². The zero-order valence-electron chi connectivity index (χ0n) is 11.0. The van der Waals surface area contributed by atoms with Crippen molar-refractivity contribution in [1.29, 1.82) is 0 Å². The van der Waals surface area contributed by atoms with Gasteiger partial charge in [0.2, 0.25) is 0 Å². The van der Waals surface area contributed by atoms with Crippen molar-refractivity contribution in [2.24, 2.45) is 5.92 Å². The fraction of sp³-hybridized carbons (Fsp3) is 0.500. The fourth-order valence-electron chi connectivity index (χ4n) is 1.67. The summed E-state index contributed by atoms with van der Waals surface area (Å²) in [6.07, 6.45) is 0. The van der Waals surface area contributed by atoms with Crippen LogP contribution in [-0.2, 0) is 16.1 Å². The molecule has 3 nitrogen and oxygen atoms in total. The van der Waals surface area contributed by atoms with Crippen molar-refractivity contribution >= 4 is 5.97 Å². The average molecular weight is 235 g/mol. The van der Waals surface area contributed by atoms with Crippen LogP contribution in [-0.4, -0.2) is 19.1 Å². The lowest BCUT2D eigenvalue weighted by Crippen LogP contribution is -2.36. The third-order valence-corrected chi connectivity index (χ3v) is 3.03. The highest BCUT2D eigenvalue weighted by Crippen LogP contribution is 2.07. The Labute approximate surface area is 103 Å². The Morgan fingerprint density at radius 1 is 1.41 bits per heavy atom. The van der Waals surface area contributed by atoms with E-state index >= 15 is 0 Å². The van der Waals surface area contributed by atoms with Gasteiger partial charge in [0.05, 0.1) is 13.0 Å². The SMILES string of the molecule is COC(=O)C(C)C(C)NCc1cccc(C)c1. The normalized spacial score (nSPS) is 14.1. The van der Waals surface area contributed by atoms with Crippen LogP contribution in [0.5, 0.6) is 0 Å². The van der Waals surface area contributed by atoms with Gasteiger partial charge in [0, 0.05) is 12.6 Å². The van der Waals surface area contributed by atoms with E-state index in [9.17, 15) is 4.79 Å². The third kappa shape index (κ3) is 4.19. The molecule has 0 bridgehead atoms. The van der Waals surface area contributed by atoms with Crippen molar-refractivity contribution in [2.75, 3.05) is 7.11 Å². The zero-order chi connectivity index (χ0) is 12.8. The van der Waals surface area contributed by atoms with Gasteiger partial charge in [-0.2, -0.15) is 0 Å². The van der Waals surface area contributed by atoms with Crippen molar-refractivity contribution in [3.05, 3.63) is 35.4 Å². The molecule has 0 fully saturated rings. The number of rotatable bonds is 5. The molecule has 0 heterocycles. The molecule has 17 heavy (non-hydrogen) atoms. The molecule has 1 N–H and O–H groups in total. The lowest BCUT2D eigenvalue weighted by atomic mass is 10.0. The number of carbonyl (C=O) groups is 1. The molecule has 1 aromatic rings. The Balaban J connectivity index is 2.48. The van der Waals surface area contributed by atoms with Crippen LogP contribution in [0.2, 0.25) is 0 Å². The van der Waals surface area contributed by atoms with Crippen molar-refractivity contribution < 1.29 is 9.53 Å². The second kappa shape index (κ2) is 6.40. The molecule has 0 aliphatic heterocycles. The Morgan fingerprint density at radius 3 is 2.71 bits per heavy atom. The summed E-state index contributed by atoms with van der Waals surface area (Å²) in [5.74, 6) is -0.306. The number of aryl methyl sites for hydroxylation is 1. The van der Waals surface area contributed by atoms with Crippen LogP contribution in [0.25, 0.3) is 0 Å². The highest BCUT2D eigenvalue weighted by atomic mass is 16.5. The van der Waals surface area contributed by atoms with Gasteiger partial charge in [-0.1, -0.05) is 36.8 Å². The van der Waals surface area contributed by atoms with Gasteiger partial charge in [0.25, 0.3) is 0 Å². The summed E-state index contributed by atoms with van der Waals surface area (Å²) < 4.78 is 4.73. The molecule has 2 unspecified atom stereocenters. The van der Waals surface area contributed by atoms with Crippen LogP contribution in [0.15, 0.2) is 24.3 Å². The number of hydrogen-bond acceptors (Lipinski definition) is 3. The minimum atomic E-state index is -0.172. The van der Waals surface area contributed by atoms with Crippen LogP contribution in [0.1, 0.15) is 25.0 Å². The summed E-state index contributed by atoms with van der Waals surface area (Å²) in [7, 11) is 1.42. The number of esters is 1. The minimum absolute atomic E-state index is 0.1000. The van der Waals surface area contributed by atoms with Crippen molar-refractivity contribution in [2.45, 2.75) is 33.4 Å². The molecular formula is C14H21NO2. The molecule has 0 aliphatic rings. The van der Waals surface area contributed by atoms with E-state index in [0.717, 1.165) is 6.54 Å². The van der Waals surface area contributed by atoms with Gasteiger partial charge in [0.15, 0.2) is 0 Å².